The molecule has 3 heteroatoms. The number of pyridine rings is 1. The Labute approximate surface area is 129 Å². The van der Waals surface area contributed by atoms with Crippen molar-refractivity contribution in [2.75, 3.05) is 6.54 Å². The normalized spacial score (nSPS) is 12.4. The van der Waals surface area contributed by atoms with E-state index in [-0.39, 0.29) is 0 Å². The number of nitrogens with one attached hydrogen (secondary N) is 1. The van der Waals surface area contributed by atoms with Crippen LogP contribution in [0.4, 0.5) is 0 Å². The van der Waals surface area contributed by atoms with Crippen LogP contribution in [0.15, 0.2) is 41.0 Å². The van der Waals surface area contributed by atoms with E-state index < -0.39 is 0 Å². The molecule has 1 aromatic carbocycles. The van der Waals surface area contributed by atoms with E-state index in [9.17, 15) is 0 Å². The summed E-state index contributed by atoms with van der Waals surface area (Å²) >= 11 is 3.56. The minimum atomic E-state index is 0.307. The van der Waals surface area contributed by atoms with Crippen LogP contribution in [0.1, 0.15) is 35.3 Å². The van der Waals surface area contributed by atoms with Gasteiger partial charge < -0.3 is 5.32 Å². The summed E-state index contributed by atoms with van der Waals surface area (Å²) in [6, 6.07) is 11.1. The molecule has 0 aliphatic heterocycles. The summed E-state index contributed by atoms with van der Waals surface area (Å²) in [5.41, 5.74) is 4.91. The molecule has 0 aliphatic carbocycles. The van der Waals surface area contributed by atoms with Gasteiger partial charge in [0.2, 0.25) is 0 Å². The van der Waals surface area contributed by atoms with Gasteiger partial charge in [0.05, 0.1) is 0 Å². The fraction of sp³-hybridized carbons (Fsp3) is 0.353. The first-order valence-corrected chi connectivity index (χ1v) is 7.80. The third-order valence-corrected chi connectivity index (χ3v) is 4.31. The smallest absolute Gasteiger partial charge is 0.0422 e. The van der Waals surface area contributed by atoms with Crippen LogP contribution in [0, 0.1) is 13.8 Å². The lowest BCUT2D eigenvalue weighted by Gasteiger charge is -2.19. The Balaban J connectivity index is 2.21. The number of nitrogens with zero attached hydrogens (tertiary/aromatic N) is 1. The van der Waals surface area contributed by atoms with E-state index in [2.05, 4.69) is 77.3 Å². The predicted octanol–water partition coefficient (Wildman–Crippen LogP) is 4.35. The van der Waals surface area contributed by atoms with Crippen molar-refractivity contribution < 1.29 is 0 Å². The van der Waals surface area contributed by atoms with E-state index >= 15 is 0 Å². The van der Waals surface area contributed by atoms with Crippen molar-refractivity contribution in [1.82, 2.24) is 10.3 Å². The maximum atomic E-state index is 4.52. The van der Waals surface area contributed by atoms with Crippen LogP contribution < -0.4 is 5.32 Å². The average Bonchev–Trinajstić information content (AvgIpc) is 2.44. The van der Waals surface area contributed by atoms with Crippen LogP contribution in [0.5, 0.6) is 0 Å². The van der Waals surface area contributed by atoms with Gasteiger partial charge in [-0.2, -0.15) is 0 Å². The second kappa shape index (κ2) is 7.00. The maximum absolute atomic E-state index is 4.52. The van der Waals surface area contributed by atoms with Crippen molar-refractivity contribution in [3.63, 3.8) is 0 Å². The third kappa shape index (κ3) is 3.90. The molecule has 20 heavy (non-hydrogen) atoms. The molecule has 1 N–H and O–H groups in total. The van der Waals surface area contributed by atoms with E-state index in [1.54, 1.807) is 0 Å². The highest BCUT2D eigenvalue weighted by Gasteiger charge is 2.12. The monoisotopic (exact) mass is 332 g/mol. The first kappa shape index (κ1) is 15.2. The lowest BCUT2D eigenvalue weighted by Crippen LogP contribution is -2.23. The Bertz CT molecular complexity index is 564. The molecule has 0 aliphatic rings. The fourth-order valence-electron chi connectivity index (χ4n) is 2.27. The van der Waals surface area contributed by atoms with Gasteiger partial charge >= 0.3 is 0 Å². The summed E-state index contributed by atoms with van der Waals surface area (Å²) < 4.78 is 1.16. The molecule has 0 spiro atoms. The highest BCUT2D eigenvalue weighted by Crippen LogP contribution is 2.23. The number of rotatable bonds is 5. The van der Waals surface area contributed by atoms with Gasteiger partial charge in [-0.25, -0.2) is 0 Å². The number of benzene rings is 1. The predicted molar refractivity (Wildman–Crippen MR) is 88.0 cm³/mol. The van der Waals surface area contributed by atoms with Gasteiger partial charge in [-0.3, -0.25) is 4.98 Å². The van der Waals surface area contributed by atoms with Gasteiger partial charge in [-0.1, -0.05) is 41.1 Å². The number of hydrogen-bond acceptors (Lipinski definition) is 2. The second-order valence-electron chi connectivity index (χ2n) is 5.15. The molecule has 1 aromatic heterocycles. The molecule has 0 saturated heterocycles. The van der Waals surface area contributed by atoms with Crippen molar-refractivity contribution in [3.8, 4) is 0 Å². The van der Waals surface area contributed by atoms with Crippen LogP contribution in [0.3, 0.4) is 0 Å². The Morgan fingerprint density at radius 3 is 2.60 bits per heavy atom. The Morgan fingerprint density at radius 1 is 1.20 bits per heavy atom. The van der Waals surface area contributed by atoms with Crippen molar-refractivity contribution in [2.24, 2.45) is 0 Å². The summed E-state index contributed by atoms with van der Waals surface area (Å²) in [4.78, 5) is 4.52. The molecular weight excluding hydrogens is 312 g/mol. The standard InChI is InChI=1S/C17H21BrN2/c1-4-19-17(10-15-7-5-12(2)11-20-15)14-6-8-16(18)13(3)9-14/h5-9,11,17,19H,4,10H2,1-3H3. The van der Waals surface area contributed by atoms with E-state index in [1.807, 2.05) is 6.20 Å². The molecule has 0 bridgehead atoms. The molecule has 2 rings (SSSR count). The minimum Gasteiger partial charge on any atom is -0.310 e. The van der Waals surface area contributed by atoms with Crippen LogP contribution in [-0.2, 0) is 6.42 Å². The van der Waals surface area contributed by atoms with Crippen molar-refractivity contribution in [3.05, 3.63) is 63.4 Å². The lowest BCUT2D eigenvalue weighted by atomic mass is 9.99. The summed E-state index contributed by atoms with van der Waals surface area (Å²) in [7, 11) is 0. The number of likely N-dealkylation sites (N-methyl/N-ethyl adjacent to an activating group) is 1. The number of aryl methyl sites for hydroxylation is 2. The summed E-state index contributed by atoms with van der Waals surface area (Å²) in [6.45, 7) is 7.28. The van der Waals surface area contributed by atoms with Gasteiger partial charge in [0, 0.05) is 28.8 Å². The van der Waals surface area contributed by atoms with E-state index in [0.29, 0.717) is 6.04 Å². The number of hydrogen-bond donors (Lipinski definition) is 1. The van der Waals surface area contributed by atoms with Gasteiger partial charge in [-0.05, 0) is 49.2 Å². The topological polar surface area (TPSA) is 24.9 Å². The molecule has 1 heterocycles. The Kier molecular flexibility index (Phi) is 5.32. The molecule has 0 radical (unpaired) electrons. The zero-order valence-electron chi connectivity index (χ0n) is 12.3. The molecule has 2 nitrogen and oxygen atoms in total. The fourth-order valence-corrected chi connectivity index (χ4v) is 2.51. The van der Waals surface area contributed by atoms with Gasteiger partial charge in [0.15, 0.2) is 0 Å². The molecule has 106 valence electrons. The molecule has 1 unspecified atom stereocenters. The van der Waals surface area contributed by atoms with Crippen LogP contribution in [0.25, 0.3) is 0 Å². The van der Waals surface area contributed by atoms with Crippen molar-refractivity contribution in [2.45, 2.75) is 33.2 Å². The maximum Gasteiger partial charge on any atom is 0.0422 e. The highest BCUT2D eigenvalue weighted by atomic mass is 79.9. The molecule has 0 saturated carbocycles. The molecule has 2 aromatic rings. The molecule has 0 amide bonds. The van der Waals surface area contributed by atoms with Crippen LogP contribution in [-0.4, -0.2) is 11.5 Å². The van der Waals surface area contributed by atoms with Gasteiger partial charge in [0.25, 0.3) is 0 Å². The Hall–Kier alpha value is -1.19. The van der Waals surface area contributed by atoms with Gasteiger partial charge in [-0.15, -0.1) is 0 Å². The number of aromatic nitrogens is 1. The molecule has 0 fully saturated rings. The molecule has 1 atom stereocenters. The van der Waals surface area contributed by atoms with Crippen molar-refractivity contribution in [1.29, 1.82) is 0 Å². The number of halogens is 1. The van der Waals surface area contributed by atoms with Gasteiger partial charge in [0.1, 0.15) is 0 Å². The zero-order chi connectivity index (χ0) is 14.5. The average molecular weight is 333 g/mol. The van der Waals surface area contributed by atoms with Crippen molar-refractivity contribution >= 4 is 15.9 Å². The van der Waals surface area contributed by atoms with E-state index in [1.165, 1.54) is 16.7 Å². The largest absolute Gasteiger partial charge is 0.310 e. The Morgan fingerprint density at radius 2 is 2.00 bits per heavy atom. The SMILES string of the molecule is CCNC(Cc1ccc(C)cn1)c1ccc(Br)c(C)c1. The van der Waals surface area contributed by atoms with E-state index in [0.717, 1.165) is 23.1 Å². The quantitative estimate of drug-likeness (QED) is 0.880. The second-order valence-corrected chi connectivity index (χ2v) is 6.00. The van der Waals surface area contributed by atoms with Crippen LogP contribution >= 0.6 is 15.9 Å². The third-order valence-electron chi connectivity index (χ3n) is 3.42. The summed E-state index contributed by atoms with van der Waals surface area (Å²) in [6.07, 6.45) is 2.85. The highest BCUT2D eigenvalue weighted by molar-refractivity contribution is 9.10. The summed E-state index contributed by atoms with van der Waals surface area (Å²) in [5, 5.41) is 3.55. The lowest BCUT2D eigenvalue weighted by molar-refractivity contribution is 0.543. The minimum absolute atomic E-state index is 0.307. The van der Waals surface area contributed by atoms with Crippen LogP contribution in [0.2, 0.25) is 0 Å². The molecular formula is C17H21BrN2. The zero-order valence-corrected chi connectivity index (χ0v) is 13.9. The first-order valence-electron chi connectivity index (χ1n) is 7.01. The van der Waals surface area contributed by atoms with E-state index in [4.69, 9.17) is 0 Å². The first-order chi connectivity index (χ1) is 9.60. The summed E-state index contributed by atoms with van der Waals surface area (Å²) in [5.74, 6) is 0.